The van der Waals surface area contributed by atoms with Crippen LogP contribution in [-0.4, -0.2) is 38.9 Å². The monoisotopic (exact) mass is 529 g/mol. The number of carbonyl (C=O) groups is 2. The van der Waals surface area contributed by atoms with E-state index in [4.69, 9.17) is 19.9 Å². The Balaban J connectivity index is 2.30. The Morgan fingerprint density at radius 2 is 1.71 bits per heavy atom. The number of esters is 2. The summed E-state index contributed by atoms with van der Waals surface area (Å²) in [6, 6.07) is 12.5. The van der Waals surface area contributed by atoms with E-state index >= 15 is 0 Å². The molecular formula is C27H26F3N3O5. The van der Waals surface area contributed by atoms with Gasteiger partial charge in [-0.1, -0.05) is 18.2 Å². The van der Waals surface area contributed by atoms with Crippen molar-refractivity contribution in [2.75, 3.05) is 31.8 Å². The second-order valence-electron chi connectivity index (χ2n) is 8.20. The molecule has 0 spiro atoms. The zero-order valence-electron chi connectivity index (χ0n) is 21.0. The summed E-state index contributed by atoms with van der Waals surface area (Å²) in [5, 5.41) is 9.20. The molecular weight excluding hydrogens is 503 g/mol. The Labute approximate surface area is 217 Å². The average molecular weight is 530 g/mol. The van der Waals surface area contributed by atoms with Crippen LogP contribution in [0.2, 0.25) is 0 Å². The van der Waals surface area contributed by atoms with Crippen molar-refractivity contribution in [1.29, 1.82) is 5.26 Å². The predicted octanol–water partition coefficient (Wildman–Crippen LogP) is 4.38. The topological polar surface area (TPSA) is 115 Å². The van der Waals surface area contributed by atoms with E-state index in [9.17, 15) is 28.0 Å². The number of benzene rings is 2. The van der Waals surface area contributed by atoms with E-state index in [2.05, 4.69) is 0 Å². The number of hydrogen-bond donors (Lipinski definition) is 1. The van der Waals surface area contributed by atoms with E-state index in [-0.39, 0.29) is 48.2 Å². The third-order valence-electron chi connectivity index (χ3n) is 5.86. The van der Waals surface area contributed by atoms with Gasteiger partial charge >= 0.3 is 18.1 Å². The molecule has 1 heterocycles. The van der Waals surface area contributed by atoms with Crippen molar-refractivity contribution in [3.8, 4) is 6.07 Å². The minimum Gasteiger partial charge on any atom is -0.463 e. The number of ether oxygens (including phenoxy) is 3. The molecule has 1 aliphatic heterocycles. The maximum absolute atomic E-state index is 13.5. The van der Waals surface area contributed by atoms with E-state index in [1.807, 2.05) is 6.07 Å². The number of anilines is 1. The van der Waals surface area contributed by atoms with Crippen LogP contribution < -0.4 is 10.6 Å². The second-order valence-corrected chi connectivity index (χ2v) is 8.20. The summed E-state index contributed by atoms with van der Waals surface area (Å²) in [4.78, 5) is 27.9. The fourth-order valence-corrected chi connectivity index (χ4v) is 4.15. The molecule has 2 N–H and O–H groups in total. The molecule has 0 aromatic heterocycles. The molecule has 0 fully saturated rings. The first-order chi connectivity index (χ1) is 18.0. The van der Waals surface area contributed by atoms with Gasteiger partial charge in [-0.3, -0.25) is 0 Å². The molecule has 0 saturated carbocycles. The lowest BCUT2D eigenvalue weighted by Gasteiger charge is -2.37. The SMILES string of the molecule is CCOC(=O)C1=C(N)N(c2cccc(C(F)(F)F)c2)C(C)=C(C(=O)OCCOC)C1c1ccc(C#N)cc1. The number of allylic oxidation sites excluding steroid dienone is 1. The fourth-order valence-electron chi connectivity index (χ4n) is 4.15. The molecule has 1 unspecified atom stereocenters. The Morgan fingerprint density at radius 1 is 1.05 bits per heavy atom. The summed E-state index contributed by atoms with van der Waals surface area (Å²) in [6.07, 6.45) is -4.64. The third-order valence-corrected chi connectivity index (χ3v) is 5.86. The number of nitrogens with two attached hydrogens (primary N) is 1. The number of nitrogens with zero attached hydrogens (tertiary/aromatic N) is 2. The van der Waals surface area contributed by atoms with Crippen molar-refractivity contribution in [2.45, 2.75) is 25.9 Å². The first-order valence-corrected chi connectivity index (χ1v) is 11.6. The number of alkyl halides is 3. The lowest BCUT2D eigenvalue weighted by molar-refractivity contribution is -0.141. The molecule has 200 valence electrons. The minimum atomic E-state index is -4.64. The zero-order chi connectivity index (χ0) is 28.0. The molecule has 0 amide bonds. The molecule has 0 aliphatic carbocycles. The highest BCUT2D eigenvalue weighted by molar-refractivity contribution is 6.01. The molecule has 0 bridgehead atoms. The Kier molecular flexibility index (Phi) is 8.80. The summed E-state index contributed by atoms with van der Waals surface area (Å²) in [5.41, 5.74) is 6.26. The molecule has 1 aliphatic rings. The van der Waals surface area contributed by atoms with Crippen LogP contribution in [0.4, 0.5) is 18.9 Å². The maximum Gasteiger partial charge on any atom is 0.416 e. The lowest BCUT2D eigenvalue weighted by atomic mass is 9.80. The number of halogens is 3. The average Bonchev–Trinajstić information content (AvgIpc) is 2.88. The van der Waals surface area contributed by atoms with Crippen LogP contribution in [0.15, 0.2) is 71.2 Å². The van der Waals surface area contributed by atoms with Gasteiger partial charge in [-0.05, 0) is 49.7 Å². The van der Waals surface area contributed by atoms with Crippen LogP contribution in [0.25, 0.3) is 0 Å². The van der Waals surface area contributed by atoms with Crippen molar-refractivity contribution < 1.29 is 37.0 Å². The van der Waals surface area contributed by atoms with Crippen LogP contribution in [0.3, 0.4) is 0 Å². The van der Waals surface area contributed by atoms with Gasteiger partial charge in [0.25, 0.3) is 0 Å². The highest BCUT2D eigenvalue weighted by Crippen LogP contribution is 2.44. The van der Waals surface area contributed by atoms with Gasteiger partial charge in [0.2, 0.25) is 0 Å². The first kappa shape index (κ1) is 28.3. The van der Waals surface area contributed by atoms with Crippen molar-refractivity contribution in [3.63, 3.8) is 0 Å². The summed E-state index contributed by atoms with van der Waals surface area (Å²) in [5.74, 6) is -2.96. The van der Waals surface area contributed by atoms with Crippen molar-refractivity contribution in [2.24, 2.45) is 5.73 Å². The van der Waals surface area contributed by atoms with Crippen LogP contribution in [0.1, 0.15) is 36.5 Å². The summed E-state index contributed by atoms with van der Waals surface area (Å²) in [7, 11) is 1.43. The Morgan fingerprint density at radius 3 is 2.29 bits per heavy atom. The highest BCUT2D eigenvalue weighted by Gasteiger charge is 2.42. The van der Waals surface area contributed by atoms with Gasteiger partial charge in [-0.25, -0.2) is 9.59 Å². The smallest absolute Gasteiger partial charge is 0.416 e. The summed E-state index contributed by atoms with van der Waals surface area (Å²) < 4.78 is 56.1. The fraction of sp³-hybridized carbons (Fsp3) is 0.296. The minimum absolute atomic E-state index is 0.0166. The molecule has 8 nitrogen and oxygen atoms in total. The summed E-state index contributed by atoms with van der Waals surface area (Å²) in [6.45, 7) is 3.05. The first-order valence-electron chi connectivity index (χ1n) is 11.6. The van der Waals surface area contributed by atoms with Gasteiger partial charge in [0.15, 0.2) is 0 Å². The molecule has 1 atom stereocenters. The van der Waals surface area contributed by atoms with Crippen LogP contribution in [-0.2, 0) is 30.0 Å². The van der Waals surface area contributed by atoms with Gasteiger partial charge in [0, 0.05) is 18.5 Å². The van der Waals surface area contributed by atoms with Gasteiger partial charge < -0.3 is 24.8 Å². The third kappa shape index (κ3) is 5.81. The van der Waals surface area contributed by atoms with Gasteiger partial charge in [-0.2, -0.15) is 18.4 Å². The number of hydrogen-bond acceptors (Lipinski definition) is 8. The normalized spacial score (nSPS) is 15.8. The Hall–Kier alpha value is -4.30. The predicted molar refractivity (Wildman–Crippen MR) is 131 cm³/mol. The van der Waals surface area contributed by atoms with E-state index in [1.165, 1.54) is 43.2 Å². The molecule has 11 heteroatoms. The molecule has 0 radical (unpaired) electrons. The summed E-state index contributed by atoms with van der Waals surface area (Å²) >= 11 is 0. The van der Waals surface area contributed by atoms with Crippen LogP contribution in [0, 0.1) is 11.3 Å². The van der Waals surface area contributed by atoms with Gasteiger partial charge in [-0.15, -0.1) is 0 Å². The Bertz CT molecular complexity index is 1310. The zero-order valence-corrected chi connectivity index (χ0v) is 21.0. The number of methoxy groups -OCH3 is 1. The van der Waals surface area contributed by atoms with E-state index in [0.29, 0.717) is 11.1 Å². The van der Waals surface area contributed by atoms with Gasteiger partial charge in [0.05, 0.1) is 47.5 Å². The lowest BCUT2D eigenvalue weighted by Crippen LogP contribution is -2.39. The number of carbonyl (C=O) groups excluding carboxylic acids is 2. The number of nitriles is 1. The molecule has 2 aromatic carbocycles. The van der Waals surface area contributed by atoms with Crippen molar-refractivity contribution in [1.82, 2.24) is 0 Å². The molecule has 3 rings (SSSR count). The van der Waals surface area contributed by atoms with E-state index in [1.54, 1.807) is 19.1 Å². The van der Waals surface area contributed by atoms with Crippen LogP contribution in [0.5, 0.6) is 0 Å². The van der Waals surface area contributed by atoms with Crippen molar-refractivity contribution in [3.05, 3.63) is 87.9 Å². The second kappa shape index (κ2) is 11.8. The highest BCUT2D eigenvalue weighted by atomic mass is 19.4. The number of rotatable bonds is 8. The van der Waals surface area contributed by atoms with Crippen LogP contribution >= 0.6 is 0 Å². The standard InChI is InChI=1S/C27H26F3N3O5/c1-4-37-26(35)23-22(18-10-8-17(15-31)9-11-18)21(25(34)38-13-12-36-3)16(2)33(24(23)32)20-7-5-6-19(14-20)27(28,29)30/h5-11,14,22H,4,12-13,32H2,1-3H3. The van der Waals surface area contributed by atoms with Crippen molar-refractivity contribution >= 4 is 17.6 Å². The van der Waals surface area contributed by atoms with Gasteiger partial charge in [0.1, 0.15) is 12.4 Å². The molecule has 2 aromatic rings. The van der Waals surface area contributed by atoms with E-state index < -0.39 is 29.6 Å². The maximum atomic E-state index is 13.5. The quantitative estimate of drug-likeness (QED) is 0.396. The molecule has 0 saturated heterocycles. The molecule has 38 heavy (non-hydrogen) atoms. The van der Waals surface area contributed by atoms with E-state index in [0.717, 1.165) is 12.1 Å². The largest absolute Gasteiger partial charge is 0.463 e.